The van der Waals surface area contributed by atoms with E-state index < -0.39 is 36.2 Å². The van der Waals surface area contributed by atoms with Gasteiger partial charge in [0.2, 0.25) is 6.10 Å². The van der Waals surface area contributed by atoms with Crippen LogP contribution in [0.4, 0.5) is 14.5 Å². The molecule has 0 saturated heterocycles. The van der Waals surface area contributed by atoms with Gasteiger partial charge >= 0.3 is 5.97 Å². The number of halogens is 2. The molecule has 1 N–H and O–H groups in total. The van der Waals surface area contributed by atoms with Gasteiger partial charge < -0.3 is 14.8 Å². The lowest BCUT2D eigenvalue weighted by Gasteiger charge is -2.18. The van der Waals surface area contributed by atoms with Gasteiger partial charge in [-0.25, -0.2) is 13.6 Å². The molecule has 3 aromatic rings. The fourth-order valence-corrected chi connectivity index (χ4v) is 2.48. The SMILES string of the molecule is O=C(COc1ccc(F)cc1)O[C@H](C(=O)Nc1ccc(F)cc1)c1ccccc1. The van der Waals surface area contributed by atoms with Crippen LogP contribution in [0.3, 0.4) is 0 Å². The number of carbonyl (C=O) groups is 2. The molecule has 0 radical (unpaired) electrons. The summed E-state index contributed by atoms with van der Waals surface area (Å²) in [5.41, 5.74) is 0.818. The molecular formula is C22H17F2NO4. The Morgan fingerprint density at radius 1 is 0.828 bits per heavy atom. The molecule has 0 aliphatic heterocycles. The van der Waals surface area contributed by atoms with Crippen molar-refractivity contribution in [2.45, 2.75) is 6.10 Å². The lowest BCUT2D eigenvalue weighted by molar-refractivity contribution is -0.156. The van der Waals surface area contributed by atoms with E-state index in [9.17, 15) is 18.4 Å². The second-order valence-corrected chi connectivity index (χ2v) is 6.02. The maximum atomic E-state index is 13.0. The van der Waals surface area contributed by atoms with Crippen LogP contribution < -0.4 is 10.1 Å². The molecule has 0 bridgehead atoms. The highest BCUT2D eigenvalue weighted by molar-refractivity contribution is 5.96. The molecule has 0 spiro atoms. The van der Waals surface area contributed by atoms with Crippen molar-refractivity contribution in [3.8, 4) is 5.75 Å². The van der Waals surface area contributed by atoms with Crippen molar-refractivity contribution in [3.05, 3.63) is 96.1 Å². The third-order valence-corrected chi connectivity index (χ3v) is 3.87. The Kier molecular flexibility index (Phi) is 6.52. The molecule has 7 heteroatoms. The average molecular weight is 397 g/mol. The van der Waals surface area contributed by atoms with Crippen LogP contribution in [0.1, 0.15) is 11.7 Å². The van der Waals surface area contributed by atoms with E-state index in [-0.39, 0.29) is 5.75 Å². The smallest absolute Gasteiger partial charge is 0.345 e. The largest absolute Gasteiger partial charge is 0.482 e. The number of hydrogen-bond acceptors (Lipinski definition) is 4. The summed E-state index contributed by atoms with van der Waals surface area (Å²) >= 11 is 0. The normalized spacial score (nSPS) is 11.4. The van der Waals surface area contributed by atoms with Gasteiger partial charge in [0.1, 0.15) is 17.4 Å². The van der Waals surface area contributed by atoms with Gasteiger partial charge in [-0.15, -0.1) is 0 Å². The van der Waals surface area contributed by atoms with Gasteiger partial charge in [0.25, 0.3) is 5.91 Å². The topological polar surface area (TPSA) is 64.6 Å². The zero-order chi connectivity index (χ0) is 20.6. The summed E-state index contributed by atoms with van der Waals surface area (Å²) < 4.78 is 36.5. The molecule has 1 amide bonds. The number of anilines is 1. The summed E-state index contributed by atoms with van der Waals surface area (Å²) in [6, 6.07) is 18.8. The molecule has 0 heterocycles. The summed E-state index contributed by atoms with van der Waals surface area (Å²) in [7, 11) is 0. The second-order valence-electron chi connectivity index (χ2n) is 6.02. The lowest BCUT2D eigenvalue weighted by Crippen LogP contribution is -2.28. The Labute approximate surface area is 165 Å². The Morgan fingerprint density at radius 3 is 2.03 bits per heavy atom. The highest BCUT2D eigenvalue weighted by atomic mass is 19.1. The predicted molar refractivity (Wildman–Crippen MR) is 102 cm³/mol. The molecule has 3 rings (SSSR count). The third kappa shape index (κ3) is 5.87. The molecule has 0 aliphatic rings. The van der Waals surface area contributed by atoms with Crippen LogP contribution in [-0.4, -0.2) is 18.5 Å². The third-order valence-electron chi connectivity index (χ3n) is 3.87. The molecule has 29 heavy (non-hydrogen) atoms. The van der Waals surface area contributed by atoms with Crippen molar-refractivity contribution in [3.63, 3.8) is 0 Å². The second kappa shape index (κ2) is 9.45. The van der Waals surface area contributed by atoms with E-state index in [1.54, 1.807) is 30.3 Å². The molecule has 148 valence electrons. The minimum absolute atomic E-state index is 0.287. The van der Waals surface area contributed by atoms with E-state index in [0.717, 1.165) is 0 Å². The van der Waals surface area contributed by atoms with E-state index >= 15 is 0 Å². The van der Waals surface area contributed by atoms with Crippen molar-refractivity contribution in [2.75, 3.05) is 11.9 Å². The molecule has 5 nitrogen and oxygen atoms in total. The highest BCUT2D eigenvalue weighted by Gasteiger charge is 2.25. The lowest BCUT2D eigenvalue weighted by atomic mass is 10.1. The molecule has 0 fully saturated rings. The van der Waals surface area contributed by atoms with Crippen LogP contribution in [0.5, 0.6) is 5.75 Å². The summed E-state index contributed by atoms with van der Waals surface area (Å²) in [5, 5.41) is 2.59. The number of hydrogen-bond donors (Lipinski definition) is 1. The van der Waals surface area contributed by atoms with Crippen molar-refractivity contribution < 1.29 is 27.8 Å². The van der Waals surface area contributed by atoms with Gasteiger partial charge in [0, 0.05) is 11.3 Å². The van der Waals surface area contributed by atoms with Gasteiger partial charge in [-0.3, -0.25) is 4.79 Å². The van der Waals surface area contributed by atoms with E-state index in [1.807, 2.05) is 0 Å². The minimum Gasteiger partial charge on any atom is -0.482 e. The molecule has 3 aromatic carbocycles. The maximum Gasteiger partial charge on any atom is 0.345 e. The summed E-state index contributed by atoms with van der Waals surface area (Å²) in [6.07, 6.45) is -1.23. The number of amides is 1. The fraction of sp³-hybridized carbons (Fsp3) is 0.0909. The summed E-state index contributed by atoms with van der Waals surface area (Å²) in [6.45, 7) is -0.460. The first-order chi connectivity index (χ1) is 14.0. The van der Waals surface area contributed by atoms with E-state index in [0.29, 0.717) is 11.3 Å². The van der Waals surface area contributed by atoms with Crippen LogP contribution in [0.15, 0.2) is 78.9 Å². The van der Waals surface area contributed by atoms with Gasteiger partial charge in [-0.2, -0.15) is 0 Å². The Bertz CT molecular complexity index is 960. The monoisotopic (exact) mass is 397 g/mol. The molecule has 0 saturated carbocycles. The zero-order valence-corrected chi connectivity index (χ0v) is 15.2. The van der Waals surface area contributed by atoms with Crippen LogP contribution in [-0.2, 0) is 14.3 Å². The first kappa shape index (κ1) is 20.0. The summed E-state index contributed by atoms with van der Waals surface area (Å²) in [4.78, 5) is 24.9. The Morgan fingerprint density at radius 2 is 1.41 bits per heavy atom. The van der Waals surface area contributed by atoms with E-state index in [1.165, 1.54) is 48.5 Å². The average Bonchev–Trinajstić information content (AvgIpc) is 2.74. The fourth-order valence-electron chi connectivity index (χ4n) is 2.48. The van der Waals surface area contributed by atoms with Crippen LogP contribution in [0, 0.1) is 11.6 Å². The van der Waals surface area contributed by atoms with Crippen molar-refractivity contribution in [1.29, 1.82) is 0 Å². The first-order valence-electron chi connectivity index (χ1n) is 8.70. The Balaban J connectivity index is 1.68. The number of benzene rings is 3. The Hall–Kier alpha value is -3.74. The maximum absolute atomic E-state index is 13.0. The summed E-state index contributed by atoms with van der Waals surface area (Å²) in [5.74, 6) is -1.96. The highest BCUT2D eigenvalue weighted by Crippen LogP contribution is 2.21. The molecular weight excluding hydrogens is 380 g/mol. The molecule has 1 atom stereocenters. The number of esters is 1. The number of nitrogens with one attached hydrogen (secondary N) is 1. The van der Waals surface area contributed by atoms with Crippen LogP contribution in [0.25, 0.3) is 0 Å². The van der Waals surface area contributed by atoms with Crippen LogP contribution in [0.2, 0.25) is 0 Å². The van der Waals surface area contributed by atoms with Crippen LogP contribution >= 0.6 is 0 Å². The quantitative estimate of drug-likeness (QED) is 0.605. The van der Waals surface area contributed by atoms with Gasteiger partial charge in [-0.1, -0.05) is 30.3 Å². The predicted octanol–water partition coefficient (Wildman–Crippen LogP) is 4.27. The van der Waals surface area contributed by atoms with Crippen molar-refractivity contribution in [1.82, 2.24) is 0 Å². The van der Waals surface area contributed by atoms with Gasteiger partial charge in [-0.05, 0) is 48.5 Å². The van der Waals surface area contributed by atoms with Crippen molar-refractivity contribution in [2.24, 2.45) is 0 Å². The van der Waals surface area contributed by atoms with Gasteiger partial charge in [0.15, 0.2) is 6.61 Å². The number of carbonyl (C=O) groups excluding carboxylic acids is 2. The first-order valence-corrected chi connectivity index (χ1v) is 8.70. The number of ether oxygens (including phenoxy) is 2. The molecule has 0 aromatic heterocycles. The van der Waals surface area contributed by atoms with Crippen molar-refractivity contribution >= 4 is 17.6 Å². The van der Waals surface area contributed by atoms with Gasteiger partial charge in [0.05, 0.1) is 0 Å². The molecule has 0 unspecified atom stereocenters. The zero-order valence-electron chi connectivity index (χ0n) is 15.2. The van der Waals surface area contributed by atoms with E-state index in [4.69, 9.17) is 9.47 Å². The standard InChI is InChI=1S/C22H17F2NO4/c23-16-6-10-18(11-7-16)25-22(27)21(15-4-2-1-3-5-15)29-20(26)14-28-19-12-8-17(24)9-13-19/h1-13,21H,14H2,(H,25,27)/t21-/m0/s1. The van der Waals surface area contributed by atoms with E-state index in [2.05, 4.69) is 5.32 Å². The minimum atomic E-state index is -1.23. The number of rotatable bonds is 7. The molecule has 0 aliphatic carbocycles.